The predicted octanol–water partition coefficient (Wildman–Crippen LogP) is 3.43. The molecule has 30 heteroatoms. The van der Waals surface area contributed by atoms with Crippen LogP contribution in [0.3, 0.4) is 0 Å². The number of rotatable bonds is 35. The lowest BCUT2D eigenvalue weighted by atomic mass is 9.83. The van der Waals surface area contributed by atoms with Crippen molar-refractivity contribution in [1.29, 1.82) is 0 Å². The minimum atomic E-state index is -1.36. The SMILES string of the molecule is COC(=O)[C@H]1O[C@@H](Oc2ccc(COC(C)=O)cc2C(=O)NCCOCCN(CCOCCNC(=O)c2cc(COC(C)=O)ccc2O[C@@H]2O[C@H](C)[C@@H](C)[C@H](OC(C)=O)[C@H]2OC(C)=O)C(=O)COCCOCCONC(=O)OC(C)(C)C)[C@H](OC(C)=O)[C@@H](C)[C@@H]1C. The first kappa shape index (κ1) is 75.7. The zero-order valence-electron chi connectivity index (χ0n) is 53.9. The number of carbonyl (C=O) groups is 10. The van der Waals surface area contributed by atoms with Gasteiger partial charge in [-0.15, -0.1) is 0 Å². The van der Waals surface area contributed by atoms with Crippen LogP contribution in [-0.2, 0) is 113 Å². The second-order valence-electron chi connectivity index (χ2n) is 22.1. The van der Waals surface area contributed by atoms with Crippen molar-refractivity contribution >= 4 is 59.6 Å². The van der Waals surface area contributed by atoms with Crippen LogP contribution in [-0.4, -0.2) is 206 Å². The molecule has 0 unspecified atom stereocenters. The van der Waals surface area contributed by atoms with E-state index in [1.165, 1.54) is 70.9 Å². The molecule has 508 valence electrons. The molecule has 10 atom stereocenters. The van der Waals surface area contributed by atoms with Crippen molar-refractivity contribution in [3.8, 4) is 11.5 Å². The van der Waals surface area contributed by atoms with E-state index >= 15 is 0 Å². The van der Waals surface area contributed by atoms with Crippen LogP contribution >= 0.6 is 0 Å². The van der Waals surface area contributed by atoms with Gasteiger partial charge in [0.15, 0.2) is 12.2 Å². The predicted molar refractivity (Wildman–Crippen MR) is 314 cm³/mol. The molecule has 2 aromatic carbocycles. The maximum Gasteiger partial charge on any atom is 0.431 e. The van der Waals surface area contributed by atoms with Gasteiger partial charge >= 0.3 is 41.9 Å². The standard InChI is InChI=1S/C61H88N4O26/c1-35-36(2)53(86-42(8)69)58(90-52(35)57(74)76-13)88-48-16-14-44(32-81-39(5)66)30-46(48)55(72)62-18-22-77-24-20-65(50(71)34-80-27-26-79-28-29-83-64-60(75)91-61(10,11)12)21-25-78-23-19-63-56(73)47-31-45(33-82-40(6)67)15-17-49(47)89-59-54(87-43(9)70)51(85-41(7)68)37(3)38(4)84-59/h14-17,30-31,35-38,51-54,58-59H,18-29,32-34H2,1-13H3,(H,62,72)(H,63,73)(H,64,75)/t35-,36-,37+,38+,51-,52-,53+,54+,58+,59-/m0/s1. The molecular formula is C61H88N4O26. The molecule has 2 saturated heterocycles. The van der Waals surface area contributed by atoms with E-state index in [-0.39, 0.29) is 121 Å². The summed E-state index contributed by atoms with van der Waals surface area (Å²) in [6, 6.07) is 8.92. The van der Waals surface area contributed by atoms with Crippen LogP contribution in [0, 0.1) is 17.8 Å². The summed E-state index contributed by atoms with van der Waals surface area (Å²) in [5, 5.41) is 5.52. The van der Waals surface area contributed by atoms with Gasteiger partial charge in [0.1, 0.15) is 43.0 Å². The zero-order chi connectivity index (χ0) is 67.4. The summed E-state index contributed by atoms with van der Waals surface area (Å²) in [6.07, 6.45) is -8.28. The Morgan fingerprint density at radius 1 is 0.538 bits per heavy atom. The average molecular weight is 1290 g/mol. The van der Waals surface area contributed by atoms with Crippen LogP contribution < -0.4 is 25.6 Å². The number of esters is 6. The largest absolute Gasteiger partial charge is 0.467 e. The number of hydrogen-bond donors (Lipinski definition) is 3. The van der Waals surface area contributed by atoms with Crippen LogP contribution in [0.15, 0.2) is 36.4 Å². The summed E-state index contributed by atoms with van der Waals surface area (Å²) in [6.45, 7) is 17.5. The maximum absolute atomic E-state index is 13.9. The molecule has 2 aliphatic rings. The molecule has 2 heterocycles. The molecule has 2 fully saturated rings. The summed E-state index contributed by atoms with van der Waals surface area (Å²) in [7, 11) is 1.21. The molecule has 0 saturated carbocycles. The average Bonchev–Trinajstić information content (AvgIpc) is 0.829. The lowest BCUT2D eigenvalue weighted by molar-refractivity contribution is -0.263. The molecule has 0 spiro atoms. The molecule has 4 rings (SSSR count). The topological polar surface area (TPSA) is 358 Å². The number of hydroxylamine groups is 1. The molecule has 0 aliphatic carbocycles. The van der Waals surface area contributed by atoms with E-state index in [0.29, 0.717) is 11.1 Å². The Morgan fingerprint density at radius 2 is 1.01 bits per heavy atom. The fourth-order valence-electron chi connectivity index (χ4n) is 8.99. The second-order valence-corrected chi connectivity index (χ2v) is 22.1. The fraction of sp³-hybridized carbons (Fsp3) is 0.639. The number of ether oxygens (including phenoxy) is 15. The normalized spacial score (nSPS) is 21.2. The van der Waals surface area contributed by atoms with Gasteiger partial charge in [-0.05, 0) is 69.0 Å². The first-order chi connectivity index (χ1) is 43.1. The maximum atomic E-state index is 13.9. The highest BCUT2D eigenvalue weighted by Crippen LogP contribution is 2.37. The highest BCUT2D eigenvalue weighted by Gasteiger charge is 2.50. The van der Waals surface area contributed by atoms with Crippen LogP contribution in [0.2, 0.25) is 0 Å². The number of amides is 4. The third-order valence-corrected chi connectivity index (χ3v) is 13.8. The van der Waals surface area contributed by atoms with Gasteiger partial charge in [-0.2, -0.15) is 5.48 Å². The second kappa shape index (κ2) is 38.2. The van der Waals surface area contributed by atoms with Crippen molar-refractivity contribution in [1.82, 2.24) is 21.0 Å². The summed E-state index contributed by atoms with van der Waals surface area (Å²) in [5.74, 6) is -6.82. The Morgan fingerprint density at radius 3 is 1.51 bits per heavy atom. The van der Waals surface area contributed by atoms with Crippen molar-refractivity contribution < 1.29 is 124 Å². The van der Waals surface area contributed by atoms with Gasteiger partial charge in [0, 0.05) is 72.6 Å². The Labute approximate surface area is 528 Å². The Kier molecular flexibility index (Phi) is 31.8. The number of benzene rings is 2. The summed E-state index contributed by atoms with van der Waals surface area (Å²) < 4.78 is 84.5. The zero-order valence-corrected chi connectivity index (χ0v) is 53.9. The fourth-order valence-corrected chi connectivity index (χ4v) is 8.99. The number of nitrogens with zero attached hydrogens (tertiary/aromatic N) is 1. The van der Waals surface area contributed by atoms with Crippen molar-refractivity contribution in [2.45, 2.75) is 145 Å². The van der Waals surface area contributed by atoms with Crippen LogP contribution in [0.1, 0.15) is 115 Å². The van der Waals surface area contributed by atoms with Crippen LogP contribution in [0.25, 0.3) is 0 Å². The molecule has 91 heavy (non-hydrogen) atoms. The minimum Gasteiger partial charge on any atom is -0.467 e. The first-order valence-corrected chi connectivity index (χ1v) is 29.6. The van der Waals surface area contributed by atoms with Crippen molar-refractivity contribution in [2.75, 3.05) is 92.8 Å². The molecule has 3 N–H and O–H groups in total. The number of carbonyl (C=O) groups excluding carboxylic acids is 10. The van der Waals surface area contributed by atoms with Gasteiger partial charge in [0.05, 0.1) is 77.2 Å². The minimum absolute atomic E-state index is 0.00270. The van der Waals surface area contributed by atoms with E-state index in [1.54, 1.807) is 60.6 Å². The lowest BCUT2D eigenvalue weighted by Crippen LogP contribution is -2.57. The van der Waals surface area contributed by atoms with Gasteiger partial charge < -0.3 is 86.6 Å². The van der Waals surface area contributed by atoms with Crippen LogP contribution in [0.5, 0.6) is 11.5 Å². The molecule has 0 radical (unpaired) electrons. The van der Waals surface area contributed by atoms with E-state index in [1.807, 2.05) is 0 Å². The first-order valence-electron chi connectivity index (χ1n) is 29.6. The number of nitrogens with one attached hydrogen (secondary N) is 3. The van der Waals surface area contributed by atoms with Crippen molar-refractivity contribution in [2.24, 2.45) is 17.8 Å². The van der Waals surface area contributed by atoms with E-state index in [2.05, 4.69) is 16.1 Å². The molecule has 2 aromatic rings. The summed E-state index contributed by atoms with van der Waals surface area (Å²) in [5.41, 5.74) is 2.27. The monoisotopic (exact) mass is 1290 g/mol. The third kappa shape index (κ3) is 26.6. The Balaban J connectivity index is 1.40. The van der Waals surface area contributed by atoms with Crippen molar-refractivity contribution in [3.63, 3.8) is 0 Å². The highest BCUT2D eigenvalue weighted by molar-refractivity contribution is 5.98. The highest BCUT2D eigenvalue weighted by atomic mass is 16.7. The van der Waals surface area contributed by atoms with E-state index in [0.717, 1.165) is 0 Å². The summed E-state index contributed by atoms with van der Waals surface area (Å²) in [4.78, 5) is 132. The Hall–Kier alpha value is -7.74. The number of methoxy groups -OCH3 is 1. The van der Waals surface area contributed by atoms with Gasteiger partial charge in [0.25, 0.3) is 11.8 Å². The van der Waals surface area contributed by atoms with Crippen molar-refractivity contribution in [3.05, 3.63) is 58.7 Å². The third-order valence-electron chi connectivity index (χ3n) is 13.8. The molecular weight excluding hydrogens is 1200 g/mol. The molecule has 2 aliphatic heterocycles. The molecule has 0 bridgehead atoms. The molecule has 0 aromatic heterocycles. The quantitative estimate of drug-likeness (QED) is 0.0385. The van der Waals surface area contributed by atoms with Gasteiger partial charge in [0.2, 0.25) is 24.6 Å². The van der Waals surface area contributed by atoms with E-state index in [9.17, 15) is 47.9 Å². The lowest BCUT2D eigenvalue weighted by Gasteiger charge is -2.43. The Bertz CT molecular complexity index is 2760. The molecule has 4 amide bonds. The van der Waals surface area contributed by atoms with Gasteiger partial charge in [-0.25, -0.2) is 9.59 Å². The molecule has 30 nitrogen and oxygen atoms in total. The smallest absolute Gasteiger partial charge is 0.431 e. The van der Waals surface area contributed by atoms with Gasteiger partial charge in [-0.1, -0.05) is 32.9 Å². The number of hydrogen-bond acceptors (Lipinski definition) is 26. The van der Waals surface area contributed by atoms with E-state index in [4.69, 9.17) is 75.9 Å². The van der Waals surface area contributed by atoms with Gasteiger partial charge in [-0.3, -0.25) is 43.2 Å². The summed E-state index contributed by atoms with van der Waals surface area (Å²) >= 11 is 0. The van der Waals surface area contributed by atoms with Crippen LogP contribution in [0.4, 0.5) is 4.79 Å². The van der Waals surface area contributed by atoms with E-state index < -0.39 is 126 Å².